The monoisotopic (exact) mass is 216 g/mol. The molecule has 0 atom stereocenters. The normalized spacial score (nSPS) is 30.8. The Bertz CT molecular complexity index is 218. The zero-order valence-corrected chi connectivity index (χ0v) is 8.14. The lowest BCUT2D eigenvalue weighted by molar-refractivity contribution is 0.130. The van der Waals surface area contributed by atoms with Crippen molar-refractivity contribution in [2.75, 3.05) is 0 Å². The second kappa shape index (κ2) is 4.41. The first-order chi connectivity index (χ1) is 5.00. The van der Waals surface area contributed by atoms with E-state index in [0.717, 1.165) is 0 Å². The predicted octanol–water partition coefficient (Wildman–Crippen LogP) is 0.599. The van der Waals surface area contributed by atoms with Gasteiger partial charge in [0.05, 0.1) is 11.4 Å². The molecule has 0 spiro atoms. The molecule has 1 fully saturated rings. The molecule has 0 aromatic carbocycles. The van der Waals surface area contributed by atoms with Gasteiger partial charge in [0.15, 0.2) is 0 Å². The lowest BCUT2D eigenvalue weighted by atomic mass is 9.97. The Morgan fingerprint density at radius 3 is 1.83 bits per heavy atom. The Hall–Kier alpha value is 0.160. The number of rotatable bonds is 1. The summed E-state index contributed by atoms with van der Waals surface area (Å²) in [4.78, 5) is 0. The van der Waals surface area contributed by atoms with Gasteiger partial charge in [0, 0.05) is 0 Å². The molecule has 1 aliphatic rings. The third-order valence-electron chi connectivity index (χ3n) is 2.06. The predicted molar refractivity (Wildman–Crippen MR) is 47.1 cm³/mol. The van der Waals surface area contributed by atoms with Gasteiger partial charge in [-0.25, -0.2) is 0 Å². The average molecular weight is 217 g/mol. The number of aliphatic hydroxyl groups excluding tert-OH is 1. The van der Waals surface area contributed by atoms with Crippen LogP contribution < -0.4 is 0 Å². The third-order valence-corrected chi connectivity index (χ3v) is 3.38. The summed E-state index contributed by atoms with van der Waals surface area (Å²) in [6.45, 7) is 0. The van der Waals surface area contributed by atoms with E-state index in [0.29, 0.717) is 25.7 Å². The molecule has 0 heterocycles. The molecule has 74 valence electrons. The average Bonchev–Trinajstić information content (AvgIpc) is 1.86. The van der Waals surface area contributed by atoms with Crippen molar-refractivity contribution < 1.29 is 18.1 Å². The van der Waals surface area contributed by atoms with Crippen molar-refractivity contribution >= 4 is 22.5 Å². The molecule has 0 bridgehead atoms. The first kappa shape index (κ1) is 12.2. The van der Waals surface area contributed by atoms with Gasteiger partial charge in [-0.15, -0.1) is 12.4 Å². The standard InChI is InChI=1S/C6H12O4S.ClH/c7-5-1-3-6(4-2-5)11(8,9)10;/h5-7H,1-4H2,(H,8,9,10);1H. The minimum absolute atomic E-state index is 0. The zero-order chi connectivity index (χ0) is 8.48. The van der Waals surface area contributed by atoms with Crippen molar-refractivity contribution in [3.63, 3.8) is 0 Å². The maximum Gasteiger partial charge on any atom is 0.267 e. The van der Waals surface area contributed by atoms with E-state index in [1.54, 1.807) is 0 Å². The molecular formula is C6H13ClO4S. The fourth-order valence-electron chi connectivity index (χ4n) is 1.34. The summed E-state index contributed by atoms with van der Waals surface area (Å²) in [5, 5.41) is 8.37. The Kier molecular flexibility index (Phi) is 4.47. The summed E-state index contributed by atoms with van der Waals surface area (Å²) in [7, 11) is -3.86. The van der Waals surface area contributed by atoms with Crippen LogP contribution in [0.4, 0.5) is 0 Å². The summed E-state index contributed by atoms with van der Waals surface area (Å²) < 4.78 is 29.8. The molecule has 2 N–H and O–H groups in total. The second-order valence-corrected chi connectivity index (χ2v) is 4.64. The smallest absolute Gasteiger partial charge is 0.267 e. The topological polar surface area (TPSA) is 74.6 Å². The van der Waals surface area contributed by atoms with E-state index < -0.39 is 15.4 Å². The van der Waals surface area contributed by atoms with E-state index >= 15 is 0 Å². The van der Waals surface area contributed by atoms with Crippen LogP contribution in [0.2, 0.25) is 0 Å². The van der Waals surface area contributed by atoms with Crippen molar-refractivity contribution in [1.82, 2.24) is 0 Å². The summed E-state index contributed by atoms with van der Waals surface area (Å²) in [5.41, 5.74) is 0. The number of hydrogen-bond acceptors (Lipinski definition) is 3. The highest BCUT2D eigenvalue weighted by Crippen LogP contribution is 2.23. The van der Waals surface area contributed by atoms with Crippen LogP contribution in [0.15, 0.2) is 0 Å². The molecular weight excluding hydrogens is 204 g/mol. The number of aliphatic hydroxyl groups is 1. The van der Waals surface area contributed by atoms with Gasteiger partial charge < -0.3 is 5.11 Å². The van der Waals surface area contributed by atoms with Crippen LogP contribution in [0.25, 0.3) is 0 Å². The van der Waals surface area contributed by atoms with Crippen LogP contribution in [-0.2, 0) is 10.1 Å². The first-order valence-electron chi connectivity index (χ1n) is 3.64. The maximum atomic E-state index is 10.6. The van der Waals surface area contributed by atoms with Crippen molar-refractivity contribution in [3.05, 3.63) is 0 Å². The van der Waals surface area contributed by atoms with Crippen molar-refractivity contribution in [2.45, 2.75) is 37.0 Å². The van der Waals surface area contributed by atoms with Crippen LogP contribution in [0, 0.1) is 0 Å². The van der Waals surface area contributed by atoms with Crippen LogP contribution in [0.3, 0.4) is 0 Å². The molecule has 0 amide bonds. The van der Waals surface area contributed by atoms with Crippen LogP contribution in [0.1, 0.15) is 25.7 Å². The van der Waals surface area contributed by atoms with E-state index in [1.807, 2.05) is 0 Å². The van der Waals surface area contributed by atoms with Crippen molar-refractivity contribution in [1.29, 1.82) is 0 Å². The van der Waals surface area contributed by atoms with Crippen molar-refractivity contribution in [3.8, 4) is 0 Å². The Morgan fingerprint density at radius 2 is 1.50 bits per heavy atom. The van der Waals surface area contributed by atoms with Gasteiger partial charge in [-0.3, -0.25) is 4.55 Å². The molecule has 0 unspecified atom stereocenters. The van der Waals surface area contributed by atoms with Gasteiger partial charge in [-0.05, 0) is 25.7 Å². The molecule has 0 aromatic heterocycles. The molecule has 1 saturated carbocycles. The third kappa shape index (κ3) is 3.26. The Morgan fingerprint density at radius 1 is 1.08 bits per heavy atom. The van der Waals surface area contributed by atoms with Gasteiger partial charge in [0.2, 0.25) is 0 Å². The summed E-state index contributed by atoms with van der Waals surface area (Å²) in [6.07, 6.45) is 1.32. The second-order valence-electron chi connectivity index (χ2n) is 2.95. The minimum atomic E-state index is -3.86. The molecule has 0 aromatic rings. The SMILES string of the molecule is Cl.O=S(=O)(O)C1CCC(O)CC1. The summed E-state index contributed by atoms with van der Waals surface area (Å²) in [5.74, 6) is 0. The molecule has 0 saturated heterocycles. The van der Waals surface area contributed by atoms with Gasteiger partial charge >= 0.3 is 0 Å². The summed E-state index contributed by atoms with van der Waals surface area (Å²) in [6, 6.07) is 0. The first-order valence-corrected chi connectivity index (χ1v) is 5.15. The quantitative estimate of drug-likeness (QED) is 0.630. The fraction of sp³-hybridized carbons (Fsp3) is 1.00. The number of hydrogen-bond donors (Lipinski definition) is 2. The highest BCUT2D eigenvalue weighted by Gasteiger charge is 2.28. The van der Waals surface area contributed by atoms with E-state index in [-0.39, 0.29) is 18.5 Å². The van der Waals surface area contributed by atoms with Crippen LogP contribution in [-0.4, -0.2) is 29.4 Å². The van der Waals surface area contributed by atoms with E-state index in [9.17, 15) is 8.42 Å². The van der Waals surface area contributed by atoms with E-state index in [2.05, 4.69) is 0 Å². The Balaban J connectivity index is 0.00000121. The van der Waals surface area contributed by atoms with Crippen LogP contribution >= 0.6 is 12.4 Å². The molecule has 12 heavy (non-hydrogen) atoms. The van der Waals surface area contributed by atoms with Gasteiger partial charge in [-0.1, -0.05) is 0 Å². The fourth-order valence-corrected chi connectivity index (χ4v) is 2.21. The van der Waals surface area contributed by atoms with Crippen LogP contribution in [0.5, 0.6) is 0 Å². The molecule has 0 aliphatic heterocycles. The highest BCUT2D eigenvalue weighted by molar-refractivity contribution is 7.86. The molecule has 4 nitrogen and oxygen atoms in total. The molecule has 1 rings (SSSR count). The molecule has 6 heteroatoms. The summed E-state index contributed by atoms with van der Waals surface area (Å²) >= 11 is 0. The highest BCUT2D eigenvalue weighted by atomic mass is 35.5. The number of halogens is 1. The van der Waals surface area contributed by atoms with Crippen molar-refractivity contribution in [2.24, 2.45) is 0 Å². The zero-order valence-electron chi connectivity index (χ0n) is 6.51. The molecule has 1 aliphatic carbocycles. The van der Waals surface area contributed by atoms with Gasteiger partial charge in [-0.2, -0.15) is 8.42 Å². The van der Waals surface area contributed by atoms with E-state index in [4.69, 9.17) is 9.66 Å². The minimum Gasteiger partial charge on any atom is -0.393 e. The lowest BCUT2D eigenvalue weighted by Gasteiger charge is -2.22. The lowest BCUT2D eigenvalue weighted by Crippen LogP contribution is -2.28. The largest absolute Gasteiger partial charge is 0.393 e. The van der Waals surface area contributed by atoms with Gasteiger partial charge in [0.1, 0.15) is 0 Å². The Labute approximate surface area is 78.1 Å². The van der Waals surface area contributed by atoms with E-state index in [1.165, 1.54) is 0 Å². The molecule has 0 radical (unpaired) electrons. The van der Waals surface area contributed by atoms with Gasteiger partial charge in [0.25, 0.3) is 10.1 Å². The maximum absolute atomic E-state index is 10.6.